The van der Waals surface area contributed by atoms with E-state index in [1.807, 2.05) is 17.7 Å². The number of fused-ring (bicyclic) bond motifs is 1. The number of benzene rings is 1. The van der Waals surface area contributed by atoms with Crippen LogP contribution < -0.4 is 4.74 Å². The number of aliphatic hydroxyl groups is 1. The first kappa shape index (κ1) is 15.7. The second-order valence-corrected chi connectivity index (χ2v) is 6.87. The van der Waals surface area contributed by atoms with E-state index in [-0.39, 0.29) is 6.61 Å². The van der Waals surface area contributed by atoms with Crippen molar-refractivity contribution in [1.29, 1.82) is 0 Å². The topological polar surface area (TPSA) is 65.1 Å². The maximum absolute atomic E-state index is 8.88. The Bertz CT molecular complexity index is 786. The lowest BCUT2D eigenvalue weighted by Gasteiger charge is -2.08. The van der Waals surface area contributed by atoms with Gasteiger partial charge in [-0.25, -0.2) is 9.13 Å². The molecular formula is C14H16IN4O2P. The summed E-state index contributed by atoms with van der Waals surface area (Å²) in [4.78, 5) is 0. The van der Waals surface area contributed by atoms with Gasteiger partial charge in [0.15, 0.2) is 0 Å². The molecule has 0 spiro atoms. The summed E-state index contributed by atoms with van der Waals surface area (Å²) < 4.78 is 9.46. The number of hydrogen-bond donors (Lipinski definition) is 1. The Balaban J connectivity index is 1.97. The number of rotatable bonds is 6. The van der Waals surface area contributed by atoms with Crippen LogP contribution in [0.2, 0.25) is 0 Å². The molecule has 0 radical (unpaired) electrons. The Morgan fingerprint density at radius 3 is 2.95 bits per heavy atom. The first-order valence-corrected chi connectivity index (χ1v) is 10.9. The normalized spacial score (nSPS) is 11.8. The first-order chi connectivity index (χ1) is 10.7. The third kappa shape index (κ3) is 2.98. The van der Waals surface area contributed by atoms with Gasteiger partial charge in [-0.3, -0.25) is 0 Å². The zero-order valence-corrected chi connectivity index (χ0v) is 15.2. The molecule has 2 heterocycles. The van der Waals surface area contributed by atoms with Gasteiger partial charge in [0.25, 0.3) is 0 Å². The molecule has 1 unspecified atom stereocenters. The maximum Gasteiger partial charge on any atom is 0.219 e. The standard InChI is InChI=1S/C14H16IN4O2P/c1-18-14(21-6-2-5-20)12(9-16-18)10-3-4-13-11(7-10)8-17-19(13)22-15/h3-4,7-9,20,22H,2,5-6H2,1H3. The summed E-state index contributed by atoms with van der Waals surface area (Å²) in [6.07, 6.45) is 4.88. The Labute approximate surface area is 142 Å². The zero-order chi connectivity index (χ0) is 15.5. The van der Waals surface area contributed by atoms with Crippen LogP contribution in [-0.4, -0.2) is 37.7 Å². The number of halogens is 1. The summed E-state index contributed by atoms with van der Waals surface area (Å²) in [7, 11) is 1.85. The predicted octanol–water partition coefficient (Wildman–Crippen LogP) is 2.99. The van der Waals surface area contributed by atoms with E-state index in [0.29, 0.717) is 19.4 Å². The third-order valence-electron chi connectivity index (χ3n) is 3.38. The molecule has 116 valence electrons. The lowest BCUT2D eigenvalue weighted by Crippen LogP contribution is -2.04. The van der Waals surface area contributed by atoms with Gasteiger partial charge in [-0.1, -0.05) is 6.07 Å². The molecule has 1 atom stereocenters. The van der Waals surface area contributed by atoms with Gasteiger partial charge >= 0.3 is 0 Å². The lowest BCUT2D eigenvalue weighted by molar-refractivity contribution is 0.224. The van der Waals surface area contributed by atoms with Crippen LogP contribution in [0.25, 0.3) is 22.0 Å². The molecule has 3 rings (SSSR count). The molecule has 0 bridgehead atoms. The monoisotopic (exact) mass is 430 g/mol. The van der Waals surface area contributed by atoms with E-state index in [4.69, 9.17) is 9.84 Å². The summed E-state index contributed by atoms with van der Waals surface area (Å²) in [5.74, 6) is 0.718. The minimum atomic E-state index is 0.120. The van der Waals surface area contributed by atoms with Crippen molar-refractivity contribution >= 4 is 39.3 Å². The highest BCUT2D eigenvalue weighted by Crippen LogP contribution is 2.34. The highest BCUT2D eigenvalue weighted by Gasteiger charge is 2.13. The molecule has 22 heavy (non-hydrogen) atoms. The van der Waals surface area contributed by atoms with E-state index in [2.05, 4.69) is 50.4 Å². The van der Waals surface area contributed by atoms with Gasteiger partial charge in [0.1, 0.15) is 0 Å². The van der Waals surface area contributed by atoms with Crippen molar-refractivity contribution < 1.29 is 9.84 Å². The molecule has 0 aliphatic heterocycles. The van der Waals surface area contributed by atoms with Crippen LogP contribution in [0.3, 0.4) is 0 Å². The van der Waals surface area contributed by atoms with Gasteiger partial charge in [0, 0.05) is 25.5 Å². The average molecular weight is 430 g/mol. The van der Waals surface area contributed by atoms with Gasteiger partial charge in [0.2, 0.25) is 5.88 Å². The molecule has 1 N–H and O–H groups in total. The predicted molar refractivity (Wildman–Crippen MR) is 96.9 cm³/mol. The van der Waals surface area contributed by atoms with Crippen molar-refractivity contribution in [1.82, 2.24) is 19.3 Å². The van der Waals surface area contributed by atoms with Crippen molar-refractivity contribution in [3.63, 3.8) is 0 Å². The van der Waals surface area contributed by atoms with Gasteiger partial charge in [-0.2, -0.15) is 10.2 Å². The van der Waals surface area contributed by atoms with Crippen LogP contribution in [0.15, 0.2) is 30.6 Å². The largest absolute Gasteiger partial charge is 0.477 e. The van der Waals surface area contributed by atoms with E-state index in [1.54, 1.807) is 10.9 Å². The summed E-state index contributed by atoms with van der Waals surface area (Å²) >= 11 is 2.32. The average Bonchev–Trinajstić information content (AvgIpc) is 3.11. The summed E-state index contributed by atoms with van der Waals surface area (Å²) in [6, 6.07) is 6.24. The number of ether oxygens (including phenoxy) is 1. The molecule has 1 aromatic carbocycles. The molecule has 0 fully saturated rings. The number of aromatic nitrogens is 4. The molecule has 0 saturated carbocycles. The van der Waals surface area contributed by atoms with Crippen molar-refractivity contribution in [3.05, 3.63) is 30.6 Å². The molecule has 0 aliphatic carbocycles. The lowest BCUT2D eigenvalue weighted by atomic mass is 10.1. The molecule has 2 aromatic heterocycles. The number of nitrogens with zero attached hydrogens (tertiary/aromatic N) is 4. The third-order valence-corrected chi connectivity index (χ3v) is 5.27. The van der Waals surface area contributed by atoms with Crippen LogP contribution in [0.5, 0.6) is 5.88 Å². The molecule has 8 heteroatoms. The van der Waals surface area contributed by atoms with Gasteiger partial charge in [-0.15, -0.1) is 0 Å². The second-order valence-electron chi connectivity index (χ2n) is 4.83. The first-order valence-electron chi connectivity index (χ1n) is 6.85. The molecule has 0 saturated heterocycles. The van der Waals surface area contributed by atoms with E-state index in [1.165, 1.54) is 0 Å². The van der Waals surface area contributed by atoms with Crippen LogP contribution in [0.1, 0.15) is 6.42 Å². The van der Waals surface area contributed by atoms with E-state index < -0.39 is 0 Å². The Kier molecular flexibility index (Phi) is 4.95. The van der Waals surface area contributed by atoms with Crippen LogP contribution >= 0.6 is 28.4 Å². The molecular weight excluding hydrogens is 414 g/mol. The van der Waals surface area contributed by atoms with E-state index in [0.717, 1.165) is 27.9 Å². The highest BCUT2D eigenvalue weighted by molar-refractivity contribution is 14.2. The minimum Gasteiger partial charge on any atom is -0.477 e. The second kappa shape index (κ2) is 6.93. The summed E-state index contributed by atoms with van der Waals surface area (Å²) in [5.41, 5.74) is 3.13. The van der Waals surface area contributed by atoms with Gasteiger partial charge in [0.05, 0.1) is 36.5 Å². The summed E-state index contributed by atoms with van der Waals surface area (Å²) in [5, 5.41) is 18.6. The zero-order valence-electron chi connectivity index (χ0n) is 12.0. The van der Waals surface area contributed by atoms with Crippen LogP contribution in [0.4, 0.5) is 0 Å². The molecule has 3 aromatic rings. The Morgan fingerprint density at radius 2 is 2.18 bits per heavy atom. The maximum atomic E-state index is 8.88. The fraction of sp³-hybridized carbons (Fsp3) is 0.286. The van der Waals surface area contributed by atoms with Crippen molar-refractivity contribution in [2.75, 3.05) is 13.2 Å². The number of aryl methyl sites for hydroxylation is 1. The fourth-order valence-corrected chi connectivity index (χ4v) is 3.85. The van der Waals surface area contributed by atoms with Crippen LogP contribution in [-0.2, 0) is 7.05 Å². The Hall–Kier alpha value is -1.18. The van der Waals surface area contributed by atoms with Crippen LogP contribution in [0, 0.1) is 0 Å². The van der Waals surface area contributed by atoms with Crippen molar-refractivity contribution in [2.45, 2.75) is 6.42 Å². The summed E-state index contributed by atoms with van der Waals surface area (Å²) in [6.45, 7) is 0.592. The number of aliphatic hydroxyl groups excluding tert-OH is 1. The molecule has 0 aliphatic rings. The SMILES string of the molecule is Cn1ncc(-c2ccc3c(cnn3PI)c2)c1OCCCO. The minimum absolute atomic E-state index is 0.120. The Morgan fingerprint density at radius 1 is 1.32 bits per heavy atom. The quantitative estimate of drug-likeness (QED) is 0.371. The fourth-order valence-electron chi connectivity index (χ4n) is 2.30. The molecule has 6 nitrogen and oxygen atoms in total. The van der Waals surface area contributed by atoms with Crippen molar-refractivity contribution in [3.8, 4) is 17.0 Å². The molecule has 0 amide bonds. The number of hydrogen-bond acceptors (Lipinski definition) is 4. The van der Waals surface area contributed by atoms with Gasteiger partial charge in [-0.05, 0) is 39.7 Å². The van der Waals surface area contributed by atoms with Gasteiger partial charge < -0.3 is 9.84 Å². The van der Waals surface area contributed by atoms with E-state index >= 15 is 0 Å². The van der Waals surface area contributed by atoms with Crippen molar-refractivity contribution in [2.24, 2.45) is 7.05 Å². The smallest absolute Gasteiger partial charge is 0.219 e. The van der Waals surface area contributed by atoms with E-state index in [9.17, 15) is 0 Å². The highest BCUT2D eigenvalue weighted by atomic mass is 127.